The van der Waals surface area contributed by atoms with E-state index in [-0.39, 0.29) is 11.6 Å². The maximum Gasteiger partial charge on any atom is 0.251 e. The van der Waals surface area contributed by atoms with Gasteiger partial charge >= 0.3 is 0 Å². The van der Waals surface area contributed by atoms with Gasteiger partial charge in [-0.1, -0.05) is 0 Å². The maximum absolute atomic E-state index is 13.0. The number of pyridine rings is 1. The Kier molecular flexibility index (Phi) is 8.19. The first kappa shape index (κ1) is 27.1. The maximum atomic E-state index is 13.0. The molecule has 1 aromatic carbocycles. The van der Waals surface area contributed by atoms with E-state index in [2.05, 4.69) is 41.2 Å². The van der Waals surface area contributed by atoms with Gasteiger partial charge in [0.25, 0.3) is 5.56 Å². The van der Waals surface area contributed by atoms with E-state index in [1.165, 1.54) is 24.2 Å². The summed E-state index contributed by atoms with van der Waals surface area (Å²) in [4.78, 5) is 35.4. The Morgan fingerprint density at radius 2 is 1.89 bits per heavy atom. The van der Waals surface area contributed by atoms with Crippen LogP contribution in [0, 0.1) is 26.7 Å². The predicted octanol–water partition coefficient (Wildman–Crippen LogP) is 5.03. The van der Waals surface area contributed by atoms with E-state index in [4.69, 9.17) is 5.73 Å². The lowest BCUT2D eigenvalue weighted by molar-refractivity contribution is 0.0999. The summed E-state index contributed by atoms with van der Waals surface area (Å²) in [6.07, 6.45) is 6.85. The topological polar surface area (TPSA) is 104 Å². The van der Waals surface area contributed by atoms with E-state index in [1.807, 2.05) is 38.3 Å². The molecule has 7 nitrogen and oxygen atoms in total. The molecule has 1 aliphatic rings. The number of primary amides is 1. The molecule has 37 heavy (non-hydrogen) atoms. The molecule has 8 heteroatoms. The molecule has 1 amide bonds. The van der Waals surface area contributed by atoms with Gasteiger partial charge in [0, 0.05) is 58.2 Å². The highest BCUT2D eigenvalue weighted by atomic mass is 32.1. The first-order valence-electron chi connectivity index (χ1n) is 13.0. The number of nitrogens with zero attached hydrogens (tertiary/aromatic N) is 2. The number of hydrogen-bond acceptors (Lipinski definition) is 6. The zero-order chi connectivity index (χ0) is 26.9. The van der Waals surface area contributed by atoms with Gasteiger partial charge in [-0.2, -0.15) is 0 Å². The predicted molar refractivity (Wildman–Crippen MR) is 153 cm³/mol. The molecule has 1 aliphatic carbocycles. The van der Waals surface area contributed by atoms with Gasteiger partial charge in [0.1, 0.15) is 5.01 Å². The largest absolute Gasteiger partial charge is 0.382 e. The average Bonchev–Trinajstić information content (AvgIpc) is 3.37. The minimum atomic E-state index is -0.464. The summed E-state index contributed by atoms with van der Waals surface area (Å²) in [5.41, 5.74) is 12.3. The highest BCUT2D eigenvalue weighted by Crippen LogP contribution is 2.39. The molecule has 4 rings (SSSR count). The summed E-state index contributed by atoms with van der Waals surface area (Å²) in [6.45, 7) is 8.04. The van der Waals surface area contributed by atoms with Crippen LogP contribution in [0.25, 0.3) is 10.6 Å². The fraction of sp³-hybridized carbons (Fsp3) is 0.483. The number of nitrogens with two attached hydrogens (primary N) is 1. The second kappa shape index (κ2) is 11.2. The van der Waals surface area contributed by atoms with E-state index in [0.29, 0.717) is 23.9 Å². The molecule has 1 saturated carbocycles. The van der Waals surface area contributed by atoms with E-state index >= 15 is 0 Å². The number of aromatic amines is 1. The van der Waals surface area contributed by atoms with Crippen molar-refractivity contribution in [3.8, 4) is 10.6 Å². The molecule has 1 unspecified atom stereocenters. The van der Waals surface area contributed by atoms with Gasteiger partial charge in [-0.3, -0.25) is 9.59 Å². The molecule has 3 aromatic rings. The Morgan fingerprint density at radius 3 is 2.46 bits per heavy atom. The quantitative estimate of drug-likeness (QED) is 0.386. The molecular weight excluding hydrogens is 482 g/mol. The molecule has 4 N–H and O–H groups in total. The number of H-pyrrole nitrogens is 1. The monoisotopic (exact) mass is 521 g/mol. The molecule has 1 atom stereocenters. The molecule has 0 aliphatic heterocycles. The molecule has 1 fully saturated rings. The summed E-state index contributed by atoms with van der Waals surface area (Å²) < 4.78 is 0. The van der Waals surface area contributed by atoms with Gasteiger partial charge in [0.15, 0.2) is 0 Å². The lowest BCUT2D eigenvalue weighted by Gasteiger charge is -2.36. The summed E-state index contributed by atoms with van der Waals surface area (Å²) in [5, 5.41) is 6.53. The van der Waals surface area contributed by atoms with Crippen LogP contribution in [0.1, 0.15) is 70.9 Å². The van der Waals surface area contributed by atoms with E-state index in [1.54, 1.807) is 6.20 Å². The second-order valence-corrected chi connectivity index (χ2v) is 11.6. The van der Waals surface area contributed by atoms with Gasteiger partial charge < -0.3 is 20.9 Å². The molecule has 0 spiro atoms. The standard InChI is InChI=1S/C29H39N5O2S/c1-16-13-17(2)32-28(36)22(16)14-24-25(29-31-11-12-37-29)15-23(27(30)35)18(3)26(24)33-19(4)20-7-9-21(10-8-20)34(5)6/h11-13,15,19-21,33H,7-10,14H2,1-6H3,(H2,30,35)(H,32,36). The van der Waals surface area contributed by atoms with Crippen LogP contribution in [0.3, 0.4) is 0 Å². The lowest BCUT2D eigenvalue weighted by atomic mass is 9.81. The normalized spacial score (nSPS) is 18.7. The van der Waals surface area contributed by atoms with Crippen LogP contribution in [0.4, 0.5) is 5.69 Å². The number of benzene rings is 1. The number of hydrogen-bond donors (Lipinski definition) is 3. The van der Waals surface area contributed by atoms with Crippen molar-refractivity contribution in [2.45, 2.75) is 71.9 Å². The third-order valence-electron chi connectivity index (χ3n) is 8.02. The highest BCUT2D eigenvalue weighted by Gasteiger charge is 2.28. The van der Waals surface area contributed by atoms with Crippen LogP contribution >= 0.6 is 11.3 Å². The average molecular weight is 522 g/mol. The number of carbonyl (C=O) groups is 1. The van der Waals surface area contributed by atoms with Crippen LogP contribution in [0.2, 0.25) is 0 Å². The van der Waals surface area contributed by atoms with Crippen LogP contribution in [0.15, 0.2) is 28.5 Å². The minimum absolute atomic E-state index is 0.0831. The van der Waals surface area contributed by atoms with Crippen LogP contribution in [-0.2, 0) is 6.42 Å². The van der Waals surface area contributed by atoms with Crippen molar-refractivity contribution >= 4 is 22.9 Å². The van der Waals surface area contributed by atoms with Crippen molar-refractivity contribution in [3.05, 3.63) is 67.6 Å². The van der Waals surface area contributed by atoms with E-state index < -0.39 is 5.91 Å². The lowest BCUT2D eigenvalue weighted by Crippen LogP contribution is -2.37. The fourth-order valence-electron chi connectivity index (χ4n) is 5.76. The first-order valence-corrected chi connectivity index (χ1v) is 13.9. The van der Waals surface area contributed by atoms with Crippen molar-refractivity contribution in [3.63, 3.8) is 0 Å². The minimum Gasteiger partial charge on any atom is -0.382 e. The van der Waals surface area contributed by atoms with Crippen molar-refractivity contribution in [2.75, 3.05) is 19.4 Å². The number of aryl methyl sites for hydroxylation is 2. The first-order chi connectivity index (χ1) is 17.6. The summed E-state index contributed by atoms with van der Waals surface area (Å²) >= 11 is 1.51. The molecule has 2 heterocycles. The molecule has 0 bridgehead atoms. The molecule has 198 valence electrons. The number of carbonyl (C=O) groups excluding carboxylic acids is 1. The number of anilines is 1. The number of nitrogens with one attached hydrogen (secondary N) is 2. The zero-order valence-electron chi connectivity index (χ0n) is 22.8. The molecule has 0 radical (unpaired) electrons. The van der Waals surface area contributed by atoms with Crippen molar-refractivity contribution in [1.82, 2.24) is 14.9 Å². The number of rotatable bonds is 8. The Bertz CT molecular complexity index is 1320. The van der Waals surface area contributed by atoms with Crippen molar-refractivity contribution < 1.29 is 4.79 Å². The smallest absolute Gasteiger partial charge is 0.251 e. The van der Waals surface area contributed by atoms with Crippen LogP contribution < -0.4 is 16.6 Å². The van der Waals surface area contributed by atoms with E-state index in [9.17, 15) is 9.59 Å². The molecule has 0 saturated heterocycles. The SMILES string of the molecule is Cc1cc(C)c(Cc2c(-c3nccs3)cc(C(N)=O)c(C)c2NC(C)C2CCC(N(C)C)CC2)c(=O)[nH]1. The second-order valence-electron chi connectivity index (χ2n) is 10.7. The summed E-state index contributed by atoms with van der Waals surface area (Å²) in [5.74, 6) is 0.0573. The number of thiazole rings is 1. The fourth-order valence-corrected chi connectivity index (χ4v) is 6.44. The van der Waals surface area contributed by atoms with Crippen LogP contribution in [-0.4, -0.2) is 47.0 Å². The Labute approximate surface area is 223 Å². The van der Waals surface area contributed by atoms with Gasteiger partial charge in [0.2, 0.25) is 5.91 Å². The summed E-state index contributed by atoms with van der Waals surface area (Å²) in [6, 6.07) is 4.68. The molecule has 2 aromatic heterocycles. The van der Waals surface area contributed by atoms with Gasteiger partial charge in [-0.15, -0.1) is 11.3 Å². The van der Waals surface area contributed by atoms with Crippen molar-refractivity contribution in [2.24, 2.45) is 11.7 Å². The highest BCUT2D eigenvalue weighted by molar-refractivity contribution is 7.13. The Morgan fingerprint density at radius 1 is 1.19 bits per heavy atom. The summed E-state index contributed by atoms with van der Waals surface area (Å²) in [7, 11) is 4.32. The zero-order valence-corrected chi connectivity index (χ0v) is 23.6. The number of amides is 1. The van der Waals surface area contributed by atoms with Crippen LogP contribution in [0.5, 0.6) is 0 Å². The van der Waals surface area contributed by atoms with Gasteiger partial charge in [0.05, 0.1) is 0 Å². The Balaban J connectivity index is 1.81. The van der Waals surface area contributed by atoms with Gasteiger partial charge in [-0.25, -0.2) is 4.98 Å². The third-order valence-corrected chi connectivity index (χ3v) is 8.83. The van der Waals surface area contributed by atoms with Crippen molar-refractivity contribution in [1.29, 1.82) is 0 Å². The number of aromatic nitrogens is 2. The third kappa shape index (κ3) is 5.80. The van der Waals surface area contributed by atoms with E-state index in [0.717, 1.165) is 57.0 Å². The molecular formula is C29H39N5O2S. The Hall–Kier alpha value is -2.97. The van der Waals surface area contributed by atoms with Gasteiger partial charge in [-0.05, 0) is 102 Å².